The van der Waals surface area contributed by atoms with Gasteiger partial charge in [-0.05, 0) is 26.0 Å². The highest BCUT2D eigenvalue weighted by molar-refractivity contribution is 5.93. The number of hydrogen-bond acceptors (Lipinski definition) is 4. The number of aromatic nitrogens is 1. The molecule has 1 aromatic heterocycles. The maximum atomic E-state index is 12.8. The van der Waals surface area contributed by atoms with Crippen LogP contribution in [0.15, 0.2) is 18.3 Å². The van der Waals surface area contributed by atoms with Crippen molar-refractivity contribution < 1.29 is 14.3 Å². The fraction of sp³-hybridized carbons (Fsp3) is 0.647. The molecule has 24 heavy (non-hydrogen) atoms. The SMILES string of the molecule is CC(C)n1cccc1C(=O)N1CCN(C2(C(N)=O)CCOC2)CC1. The molecule has 3 rings (SSSR count). The van der Waals surface area contributed by atoms with E-state index >= 15 is 0 Å². The van der Waals surface area contributed by atoms with E-state index in [4.69, 9.17) is 10.5 Å². The van der Waals surface area contributed by atoms with Gasteiger partial charge in [0.15, 0.2) is 0 Å². The van der Waals surface area contributed by atoms with Gasteiger partial charge >= 0.3 is 0 Å². The van der Waals surface area contributed by atoms with Crippen molar-refractivity contribution in [1.82, 2.24) is 14.4 Å². The first kappa shape index (κ1) is 17.0. The Labute approximate surface area is 142 Å². The van der Waals surface area contributed by atoms with E-state index in [9.17, 15) is 9.59 Å². The number of nitrogens with two attached hydrogens (primary N) is 1. The minimum Gasteiger partial charge on any atom is -0.379 e. The Morgan fingerprint density at radius 1 is 1.25 bits per heavy atom. The summed E-state index contributed by atoms with van der Waals surface area (Å²) in [5, 5.41) is 0. The molecule has 2 amide bonds. The molecular weight excluding hydrogens is 308 g/mol. The van der Waals surface area contributed by atoms with Gasteiger partial charge in [-0.15, -0.1) is 0 Å². The smallest absolute Gasteiger partial charge is 0.270 e. The first-order valence-corrected chi connectivity index (χ1v) is 8.54. The van der Waals surface area contributed by atoms with Gasteiger partial charge in [-0.3, -0.25) is 14.5 Å². The molecule has 7 nitrogen and oxygen atoms in total. The average molecular weight is 334 g/mol. The van der Waals surface area contributed by atoms with Crippen LogP contribution in [0.3, 0.4) is 0 Å². The van der Waals surface area contributed by atoms with Gasteiger partial charge in [-0.2, -0.15) is 0 Å². The van der Waals surface area contributed by atoms with Crippen molar-refractivity contribution in [2.45, 2.75) is 31.8 Å². The summed E-state index contributed by atoms with van der Waals surface area (Å²) in [6, 6.07) is 4.01. The number of primary amides is 1. The van der Waals surface area contributed by atoms with Crippen LogP contribution in [0.4, 0.5) is 0 Å². The monoisotopic (exact) mass is 334 g/mol. The molecule has 0 aromatic carbocycles. The summed E-state index contributed by atoms with van der Waals surface area (Å²) in [7, 11) is 0. The molecule has 0 bridgehead atoms. The van der Waals surface area contributed by atoms with Crippen LogP contribution in [0, 0.1) is 0 Å². The Morgan fingerprint density at radius 2 is 1.96 bits per heavy atom. The zero-order valence-electron chi connectivity index (χ0n) is 14.4. The molecule has 2 aliphatic heterocycles. The highest BCUT2D eigenvalue weighted by atomic mass is 16.5. The zero-order chi connectivity index (χ0) is 17.3. The van der Waals surface area contributed by atoms with Gasteiger partial charge in [0, 0.05) is 51.4 Å². The highest BCUT2D eigenvalue weighted by Gasteiger charge is 2.47. The van der Waals surface area contributed by atoms with Crippen molar-refractivity contribution in [2.75, 3.05) is 39.4 Å². The molecule has 0 aliphatic carbocycles. The third-order valence-corrected chi connectivity index (χ3v) is 5.19. The van der Waals surface area contributed by atoms with Gasteiger partial charge < -0.3 is 19.9 Å². The maximum absolute atomic E-state index is 12.8. The van der Waals surface area contributed by atoms with Crippen molar-refractivity contribution in [3.05, 3.63) is 24.0 Å². The largest absolute Gasteiger partial charge is 0.379 e. The third-order valence-electron chi connectivity index (χ3n) is 5.19. The van der Waals surface area contributed by atoms with Crippen LogP contribution in [-0.4, -0.2) is 71.1 Å². The summed E-state index contributed by atoms with van der Waals surface area (Å²) in [6.07, 6.45) is 2.57. The molecule has 1 atom stereocenters. The minimum atomic E-state index is -0.701. The second-order valence-electron chi connectivity index (χ2n) is 6.87. The van der Waals surface area contributed by atoms with Crippen LogP contribution < -0.4 is 5.73 Å². The van der Waals surface area contributed by atoms with Gasteiger partial charge in [-0.25, -0.2) is 0 Å². The molecule has 1 unspecified atom stereocenters. The number of rotatable bonds is 4. The summed E-state index contributed by atoms with van der Waals surface area (Å²) in [5.74, 6) is -0.280. The first-order chi connectivity index (χ1) is 11.5. The van der Waals surface area contributed by atoms with Crippen molar-refractivity contribution in [3.63, 3.8) is 0 Å². The average Bonchev–Trinajstić information content (AvgIpc) is 3.24. The van der Waals surface area contributed by atoms with Gasteiger partial charge in [0.2, 0.25) is 5.91 Å². The van der Waals surface area contributed by atoms with Crippen molar-refractivity contribution in [1.29, 1.82) is 0 Å². The van der Waals surface area contributed by atoms with E-state index in [0.717, 1.165) is 0 Å². The molecule has 1 aromatic rings. The molecule has 0 spiro atoms. The van der Waals surface area contributed by atoms with E-state index in [1.54, 1.807) is 0 Å². The molecule has 2 saturated heterocycles. The maximum Gasteiger partial charge on any atom is 0.270 e. The van der Waals surface area contributed by atoms with Crippen LogP contribution in [0.1, 0.15) is 36.8 Å². The molecule has 0 radical (unpaired) electrons. The van der Waals surface area contributed by atoms with Crippen LogP contribution in [-0.2, 0) is 9.53 Å². The van der Waals surface area contributed by atoms with E-state index in [0.29, 0.717) is 51.5 Å². The number of hydrogen-bond donors (Lipinski definition) is 1. The van der Waals surface area contributed by atoms with Crippen LogP contribution in [0.2, 0.25) is 0 Å². The van der Waals surface area contributed by atoms with E-state index in [-0.39, 0.29) is 17.9 Å². The summed E-state index contributed by atoms with van der Waals surface area (Å²) in [6.45, 7) is 7.50. The van der Waals surface area contributed by atoms with Gasteiger partial charge in [-0.1, -0.05) is 0 Å². The predicted molar refractivity (Wildman–Crippen MR) is 89.7 cm³/mol. The molecule has 132 valence electrons. The normalized spacial score (nSPS) is 25.4. The Morgan fingerprint density at radius 3 is 2.50 bits per heavy atom. The van der Waals surface area contributed by atoms with Gasteiger partial charge in [0.05, 0.1) is 6.61 Å². The van der Waals surface area contributed by atoms with E-state index < -0.39 is 5.54 Å². The summed E-state index contributed by atoms with van der Waals surface area (Å²) >= 11 is 0. The number of piperazine rings is 1. The lowest BCUT2D eigenvalue weighted by atomic mass is 9.94. The molecule has 0 saturated carbocycles. The number of carbonyl (C=O) groups excluding carboxylic acids is 2. The van der Waals surface area contributed by atoms with Crippen LogP contribution in [0.5, 0.6) is 0 Å². The molecule has 2 N–H and O–H groups in total. The second-order valence-corrected chi connectivity index (χ2v) is 6.87. The molecule has 7 heteroatoms. The Hall–Kier alpha value is -1.86. The van der Waals surface area contributed by atoms with Gasteiger partial charge in [0.25, 0.3) is 5.91 Å². The fourth-order valence-electron chi connectivity index (χ4n) is 3.68. The van der Waals surface area contributed by atoms with E-state index in [1.807, 2.05) is 27.8 Å². The molecule has 2 fully saturated rings. The summed E-state index contributed by atoms with van der Waals surface area (Å²) < 4.78 is 7.41. The van der Waals surface area contributed by atoms with Crippen molar-refractivity contribution >= 4 is 11.8 Å². The quantitative estimate of drug-likeness (QED) is 0.868. The van der Waals surface area contributed by atoms with Crippen molar-refractivity contribution in [3.8, 4) is 0 Å². The summed E-state index contributed by atoms with van der Waals surface area (Å²) in [5.41, 5.74) is 5.66. The lowest BCUT2D eigenvalue weighted by Crippen LogP contribution is -2.63. The van der Waals surface area contributed by atoms with Crippen LogP contribution in [0.25, 0.3) is 0 Å². The molecule has 2 aliphatic rings. The lowest BCUT2D eigenvalue weighted by molar-refractivity contribution is -0.131. The number of amides is 2. The van der Waals surface area contributed by atoms with E-state index in [1.165, 1.54) is 0 Å². The van der Waals surface area contributed by atoms with Crippen LogP contribution >= 0.6 is 0 Å². The van der Waals surface area contributed by atoms with Crippen molar-refractivity contribution in [2.24, 2.45) is 5.73 Å². The standard InChI is InChI=1S/C17H26N4O3/c1-13(2)21-6-3-4-14(21)15(22)19-7-9-20(10-8-19)17(16(18)23)5-11-24-12-17/h3-4,6,13H,5,7-12H2,1-2H3,(H2,18,23). The topological polar surface area (TPSA) is 80.8 Å². The second kappa shape index (κ2) is 6.57. The number of ether oxygens (including phenoxy) is 1. The molecule has 3 heterocycles. The summed E-state index contributed by atoms with van der Waals surface area (Å²) in [4.78, 5) is 28.7. The minimum absolute atomic E-state index is 0.0455. The third kappa shape index (κ3) is 2.82. The number of nitrogens with zero attached hydrogens (tertiary/aromatic N) is 3. The Balaban J connectivity index is 1.68. The molecular formula is C17H26N4O3. The lowest BCUT2D eigenvalue weighted by Gasteiger charge is -2.43. The first-order valence-electron chi connectivity index (χ1n) is 8.54. The van der Waals surface area contributed by atoms with E-state index in [2.05, 4.69) is 18.7 Å². The van der Waals surface area contributed by atoms with Gasteiger partial charge in [0.1, 0.15) is 11.2 Å². The number of carbonyl (C=O) groups is 2. The zero-order valence-corrected chi connectivity index (χ0v) is 14.4. The predicted octanol–water partition coefficient (Wildman–Crippen LogP) is 0.471. The Bertz CT molecular complexity index is 611. The Kier molecular flexibility index (Phi) is 4.64. The fourth-order valence-corrected chi connectivity index (χ4v) is 3.68. The highest BCUT2D eigenvalue weighted by Crippen LogP contribution is 2.27.